The van der Waals surface area contributed by atoms with Gasteiger partial charge in [0.15, 0.2) is 11.5 Å². The molecule has 0 saturated heterocycles. The third kappa shape index (κ3) is 4.39. The average molecular weight is 385 g/mol. The van der Waals surface area contributed by atoms with Gasteiger partial charge in [-0.3, -0.25) is 0 Å². The maximum Gasteiger partial charge on any atom is 0.416 e. The van der Waals surface area contributed by atoms with Crippen LogP contribution in [0.4, 0.5) is 13.2 Å². The highest BCUT2D eigenvalue weighted by Crippen LogP contribution is 2.46. The van der Waals surface area contributed by atoms with E-state index in [0.29, 0.717) is 24.1 Å². The summed E-state index contributed by atoms with van der Waals surface area (Å²) in [6, 6.07) is 4.12. The normalized spacial score (nSPS) is 12.8. The number of phenolic OH excluding ortho intramolecular Hbond substituents is 3. The zero-order valence-electron chi connectivity index (χ0n) is 15.2. The molecule has 2 aromatic rings. The Morgan fingerprint density at radius 2 is 1.52 bits per heavy atom. The lowest BCUT2D eigenvalue weighted by Crippen LogP contribution is -2.17. The Morgan fingerprint density at radius 3 is 2.04 bits per heavy atom. The Bertz CT molecular complexity index is 775. The van der Waals surface area contributed by atoms with E-state index in [2.05, 4.69) is 5.32 Å². The summed E-state index contributed by atoms with van der Waals surface area (Å²) in [5.41, 5.74) is -0.108. The second kappa shape index (κ2) is 7.96. The van der Waals surface area contributed by atoms with E-state index < -0.39 is 23.6 Å². The molecule has 0 amide bonds. The van der Waals surface area contributed by atoms with E-state index in [-0.39, 0.29) is 22.8 Å². The van der Waals surface area contributed by atoms with Gasteiger partial charge >= 0.3 is 6.18 Å². The van der Waals surface area contributed by atoms with Gasteiger partial charge in [-0.15, -0.1) is 0 Å². The van der Waals surface area contributed by atoms with Gasteiger partial charge in [0.05, 0.1) is 11.1 Å². The van der Waals surface area contributed by atoms with Gasteiger partial charge in [-0.1, -0.05) is 0 Å². The summed E-state index contributed by atoms with van der Waals surface area (Å²) in [4.78, 5) is 0. The standard InChI is InChI=1S/C19H22F3NO4/c1-10-11(2)17(25)18(26)15(16(10)24)14(8-9-23-3)27-13-6-4-12(5-7-13)19(20,21)22/h4-7,14,23-26H,8-9H2,1-3H3. The predicted molar refractivity (Wildman–Crippen MR) is 94.3 cm³/mol. The van der Waals surface area contributed by atoms with Gasteiger partial charge in [0, 0.05) is 12.0 Å². The molecule has 0 radical (unpaired) electrons. The van der Waals surface area contributed by atoms with Crippen LogP contribution in [-0.2, 0) is 6.18 Å². The third-order valence-electron chi connectivity index (χ3n) is 4.45. The molecule has 0 aromatic heterocycles. The third-order valence-corrected chi connectivity index (χ3v) is 4.45. The smallest absolute Gasteiger partial charge is 0.416 e. The summed E-state index contributed by atoms with van der Waals surface area (Å²) in [5, 5.41) is 33.8. The quantitative estimate of drug-likeness (QED) is 0.443. The molecule has 1 atom stereocenters. The van der Waals surface area contributed by atoms with Crippen LogP contribution >= 0.6 is 0 Å². The van der Waals surface area contributed by atoms with Crippen molar-refractivity contribution in [3.63, 3.8) is 0 Å². The molecule has 0 heterocycles. The molecular formula is C19H22F3NO4. The number of ether oxygens (including phenoxy) is 1. The Hall–Kier alpha value is -2.61. The Kier molecular flexibility index (Phi) is 6.10. The Balaban J connectivity index is 2.42. The lowest BCUT2D eigenvalue weighted by molar-refractivity contribution is -0.137. The van der Waals surface area contributed by atoms with E-state index in [4.69, 9.17) is 4.74 Å². The molecule has 0 bridgehead atoms. The number of benzene rings is 2. The van der Waals surface area contributed by atoms with Crippen LogP contribution in [0.3, 0.4) is 0 Å². The second-order valence-electron chi connectivity index (χ2n) is 6.23. The molecule has 0 saturated carbocycles. The molecule has 2 rings (SSSR count). The maximum atomic E-state index is 12.7. The fraction of sp³-hybridized carbons (Fsp3) is 0.368. The summed E-state index contributed by atoms with van der Waals surface area (Å²) in [6.07, 6.45) is -5.06. The number of alkyl halides is 3. The molecule has 0 aliphatic heterocycles. The highest BCUT2D eigenvalue weighted by molar-refractivity contribution is 5.61. The molecule has 0 spiro atoms. The van der Waals surface area contributed by atoms with E-state index in [1.54, 1.807) is 20.9 Å². The number of nitrogens with one attached hydrogen (secondary N) is 1. The van der Waals surface area contributed by atoms with Gasteiger partial charge in [-0.2, -0.15) is 13.2 Å². The van der Waals surface area contributed by atoms with Crippen molar-refractivity contribution in [3.8, 4) is 23.0 Å². The maximum absolute atomic E-state index is 12.7. The van der Waals surface area contributed by atoms with Crippen LogP contribution in [0.2, 0.25) is 0 Å². The lowest BCUT2D eigenvalue weighted by Gasteiger charge is -2.24. The van der Waals surface area contributed by atoms with Gasteiger partial charge in [0.25, 0.3) is 0 Å². The molecule has 0 aliphatic rings. The number of hydrogen-bond donors (Lipinski definition) is 4. The van der Waals surface area contributed by atoms with E-state index in [1.165, 1.54) is 12.1 Å². The Morgan fingerprint density at radius 1 is 0.963 bits per heavy atom. The zero-order chi connectivity index (χ0) is 20.4. The minimum absolute atomic E-state index is 0.00857. The highest BCUT2D eigenvalue weighted by atomic mass is 19.4. The van der Waals surface area contributed by atoms with Crippen molar-refractivity contribution < 1.29 is 33.2 Å². The molecule has 2 aromatic carbocycles. The van der Waals surface area contributed by atoms with Gasteiger partial charge in [0.2, 0.25) is 0 Å². The first-order valence-corrected chi connectivity index (χ1v) is 8.30. The lowest BCUT2D eigenvalue weighted by atomic mass is 9.96. The topological polar surface area (TPSA) is 82.0 Å². The molecule has 148 valence electrons. The summed E-state index contributed by atoms with van der Waals surface area (Å²) < 4.78 is 43.9. The van der Waals surface area contributed by atoms with E-state index >= 15 is 0 Å². The van der Waals surface area contributed by atoms with Crippen LogP contribution < -0.4 is 10.1 Å². The van der Waals surface area contributed by atoms with Crippen molar-refractivity contribution >= 4 is 0 Å². The predicted octanol–water partition coefficient (Wildman–Crippen LogP) is 4.17. The number of halogens is 3. The molecular weight excluding hydrogens is 363 g/mol. The molecule has 0 aliphatic carbocycles. The summed E-state index contributed by atoms with van der Waals surface area (Å²) in [5.74, 6) is -0.967. The SMILES string of the molecule is CNCCC(Oc1ccc(C(F)(F)F)cc1)c1c(O)c(C)c(C)c(O)c1O. The van der Waals surface area contributed by atoms with Crippen molar-refractivity contribution in [2.75, 3.05) is 13.6 Å². The fourth-order valence-corrected chi connectivity index (χ4v) is 2.70. The van der Waals surface area contributed by atoms with Crippen LogP contribution in [0.15, 0.2) is 24.3 Å². The number of rotatable bonds is 6. The number of aromatic hydroxyl groups is 3. The van der Waals surface area contributed by atoms with Crippen molar-refractivity contribution in [2.45, 2.75) is 32.5 Å². The van der Waals surface area contributed by atoms with Crippen molar-refractivity contribution in [1.29, 1.82) is 0 Å². The van der Waals surface area contributed by atoms with Crippen molar-refractivity contribution in [2.24, 2.45) is 0 Å². The molecule has 27 heavy (non-hydrogen) atoms. The van der Waals surface area contributed by atoms with Gasteiger partial charge in [-0.05, 0) is 57.3 Å². The van der Waals surface area contributed by atoms with Crippen LogP contribution in [-0.4, -0.2) is 28.9 Å². The second-order valence-corrected chi connectivity index (χ2v) is 6.23. The molecule has 8 heteroatoms. The molecule has 4 N–H and O–H groups in total. The number of hydrogen-bond acceptors (Lipinski definition) is 5. The van der Waals surface area contributed by atoms with Crippen LogP contribution in [0.25, 0.3) is 0 Å². The fourth-order valence-electron chi connectivity index (χ4n) is 2.70. The summed E-state index contributed by atoms with van der Waals surface area (Å²) >= 11 is 0. The van der Waals surface area contributed by atoms with Crippen molar-refractivity contribution in [1.82, 2.24) is 5.32 Å². The van der Waals surface area contributed by atoms with Crippen LogP contribution in [0.5, 0.6) is 23.0 Å². The monoisotopic (exact) mass is 385 g/mol. The van der Waals surface area contributed by atoms with Gasteiger partial charge < -0.3 is 25.4 Å². The first-order chi connectivity index (χ1) is 12.6. The largest absolute Gasteiger partial charge is 0.507 e. The van der Waals surface area contributed by atoms with Crippen LogP contribution in [0.1, 0.15) is 34.8 Å². The van der Waals surface area contributed by atoms with Gasteiger partial charge in [-0.25, -0.2) is 0 Å². The summed E-state index contributed by atoms with van der Waals surface area (Å²) in [7, 11) is 1.70. The van der Waals surface area contributed by atoms with E-state index in [1.807, 2.05) is 0 Å². The Labute approximate surface area is 155 Å². The van der Waals surface area contributed by atoms with Crippen LogP contribution in [0, 0.1) is 13.8 Å². The molecule has 1 unspecified atom stereocenters. The van der Waals surface area contributed by atoms with E-state index in [9.17, 15) is 28.5 Å². The van der Waals surface area contributed by atoms with Crippen molar-refractivity contribution in [3.05, 3.63) is 46.5 Å². The molecule has 5 nitrogen and oxygen atoms in total. The minimum Gasteiger partial charge on any atom is -0.507 e. The van der Waals surface area contributed by atoms with E-state index in [0.717, 1.165) is 12.1 Å². The highest BCUT2D eigenvalue weighted by Gasteiger charge is 2.31. The first-order valence-electron chi connectivity index (χ1n) is 8.30. The molecule has 0 fully saturated rings. The zero-order valence-corrected chi connectivity index (χ0v) is 15.2. The average Bonchev–Trinajstić information content (AvgIpc) is 2.62. The first kappa shape index (κ1) is 20.7. The summed E-state index contributed by atoms with van der Waals surface area (Å²) in [6.45, 7) is 3.58. The minimum atomic E-state index is -4.46. The van der Waals surface area contributed by atoms with Gasteiger partial charge in [0.1, 0.15) is 17.6 Å². The number of phenols is 3.